The first-order valence-corrected chi connectivity index (χ1v) is 6.83. The van der Waals surface area contributed by atoms with E-state index in [-0.39, 0.29) is 17.3 Å². The van der Waals surface area contributed by atoms with Crippen molar-refractivity contribution in [3.8, 4) is 17.8 Å². The van der Waals surface area contributed by atoms with Crippen LogP contribution in [-0.2, 0) is 6.54 Å². The van der Waals surface area contributed by atoms with E-state index < -0.39 is 0 Å². The van der Waals surface area contributed by atoms with Crippen LogP contribution in [0, 0.1) is 0 Å². The summed E-state index contributed by atoms with van der Waals surface area (Å²) in [6.07, 6.45) is 5.21. The molecule has 8 heteroatoms. The van der Waals surface area contributed by atoms with Gasteiger partial charge in [-0.3, -0.25) is 4.68 Å². The minimum Gasteiger partial charge on any atom is -0.463 e. The largest absolute Gasteiger partial charge is 0.463 e. The van der Waals surface area contributed by atoms with Gasteiger partial charge < -0.3 is 9.47 Å². The lowest BCUT2D eigenvalue weighted by molar-refractivity contribution is 0.284. The van der Waals surface area contributed by atoms with Crippen LogP contribution < -0.4 is 9.47 Å². The van der Waals surface area contributed by atoms with Gasteiger partial charge in [-0.2, -0.15) is 15.1 Å². The normalized spacial score (nSPS) is 10.6. The lowest BCUT2D eigenvalue weighted by Gasteiger charge is -2.04. The minimum atomic E-state index is 0.0297. The molecular weight excluding hydrogens is 282 g/mol. The summed E-state index contributed by atoms with van der Waals surface area (Å²) in [6, 6.07) is 0.245. The molecule has 108 valence electrons. The van der Waals surface area contributed by atoms with Crippen molar-refractivity contribution in [3.05, 3.63) is 17.7 Å². The van der Waals surface area contributed by atoms with E-state index >= 15 is 0 Å². The molecule has 0 saturated carbocycles. The van der Waals surface area contributed by atoms with Crippen LogP contribution in [-0.4, -0.2) is 31.3 Å². The van der Waals surface area contributed by atoms with Crippen LogP contribution in [0.1, 0.15) is 26.7 Å². The Bertz CT molecular complexity index is 561. The predicted molar refractivity (Wildman–Crippen MR) is 73.2 cm³/mol. The number of hydrogen-bond donors (Lipinski definition) is 0. The monoisotopic (exact) mass is 297 g/mol. The number of nitrogens with zero attached hydrogens (tertiary/aromatic N) is 5. The van der Waals surface area contributed by atoms with Gasteiger partial charge in [0.25, 0.3) is 0 Å². The quantitative estimate of drug-likeness (QED) is 0.782. The maximum absolute atomic E-state index is 5.81. The van der Waals surface area contributed by atoms with Crippen LogP contribution >= 0.6 is 11.6 Å². The highest BCUT2D eigenvalue weighted by atomic mass is 35.5. The van der Waals surface area contributed by atoms with E-state index in [1.807, 2.05) is 6.92 Å². The van der Waals surface area contributed by atoms with Gasteiger partial charge in [-0.05, 0) is 24.4 Å². The van der Waals surface area contributed by atoms with Crippen molar-refractivity contribution < 1.29 is 9.47 Å². The van der Waals surface area contributed by atoms with Crippen LogP contribution in [0.4, 0.5) is 0 Å². The molecule has 2 aromatic heterocycles. The molecule has 0 atom stereocenters. The molecule has 0 aliphatic heterocycles. The lowest BCUT2D eigenvalue weighted by atomic mass is 10.5. The van der Waals surface area contributed by atoms with Gasteiger partial charge in [0.05, 0.1) is 19.0 Å². The summed E-state index contributed by atoms with van der Waals surface area (Å²) in [5.74, 6) is 0.544. The summed E-state index contributed by atoms with van der Waals surface area (Å²) in [5, 5.41) is 4.18. The first-order valence-electron chi connectivity index (χ1n) is 6.46. The number of halogens is 1. The second kappa shape index (κ2) is 7.04. The van der Waals surface area contributed by atoms with Crippen LogP contribution in [0.5, 0.6) is 17.8 Å². The molecule has 20 heavy (non-hydrogen) atoms. The van der Waals surface area contributed by atoms with E-state index in [1.54, 1.807) is 17.1 Å². The molecule has 0 spiro atoms. The van der Waals surface area contributed by atoms with Crippen molar-refractivity contribution in [3.63, 3.8) is 0 Å². The zero-order valence-electron chi connectivity index (χ0n) is 11.4. The molecule has 0 aliphatic carbocycles. The fourth-order valence-corrected chi connectivity index (χ4v) is 1.62. The smallest absolute Gasteiger partial charge is 0.329 e. The van der Waals surface area contributed by atoms with E-state index in [4.69, 9.17) is 21.1 Å². The maximum Gasteiger partial charge on any atom is 0.329 e. The molecule has 0 fully saturated rings. The highest BCUT2D eigenvalue weighted by molar-refractivity contribution is 6.28. The Morgan fingerprint density at radius 3 is 2.70 bits per heavy atom. The Labute approximate surface area is 121 Å². The van der Waals surface area contributed by atoms with Crippen LogP contribution in [0.15, 0.2) is 12.4 Å². The van der Waals surface area contributed by atoms with E-state index in [0.29, 0.717) is 12.4 Å². The Morgan fingerprint density at radius 2 is 1.95 bits per heavy atom. The van der Waals surface area contributed by atoms with Crippen LogP contribution in [0.2, 0.25) is 5.28 Å². The van der Waals surface area contributed by atoms with Crippen LogP contribution in [0.25, 0.3) is 0 Å². The van der Waals surface area contributed by atoms with Crippen molar-refractivity contribution in [2.75, 3.05) is 6.61 Å². The summed E-state index contributed by atoms with van der Waals surface area (Å²) in [5.41, 5.74) is 0. The topological polar surface area (TPSA) is 75.0 Å². The molecule has 0 unspecified atom stereocenters. The zero-order valence-corrected chi connectivity index (χ0v) is 12.2. The van der Waals surface area contributed by atoms with Gasteiger partial charge >= 0.3 is 12.0 Å². The molecule has 0 bridgehead atoms. The fraction of sp³-hybridized carbons (Fsp3) is 0.500. The second-order valence-electron chi connectivity index (χ2n) is 4.06. The highest BCUT2D eigenvalue weighted by Crippen LogP contribution is 2.20. The Balaban J connectivity index is 2.09. The average Bonchev–Trinajstić information content (AvgIpc) is 2.83. The third kappa shape index (κ3) is 4.06. The van der Waals surface area contributed by atoms with E-state index in [9.17, 15) is 0 Å². The van der Waals surface area contributed by atoms with Gasteiger partial charge in [-0.1, -0.05) is 13.8 Å². The van der Waals surface area contributed by atoms with Gasteiger partial charge in [0.2, 0.25) is 5.28 Å². The van der Waals surface area contributed by atoms with Gasteiger partial charge in [-0.25, -0.2) is 0 Å². The molecule has 0 aromatic carbocycles. The van der Waals surface area contributed by atoms with Crippen molar-refractivity contribution in [1.29, 1.82) is 0 Å². The minimum absolute atomic E-state index is 0.0297. The van der Waals surface area contributed by atoms with Crippen molar-refractivity contribution >= 4 is 11.6 Å². The molecule has 2 aromatic rings. The van der Waals surface area contributed by atoms with Crippen molar-refractivity contribution in [2.24, 2.45) is 0 Å². The molecule has 7 nitrogen and oxygen atoms in total. The SMILES string of the molecule is CCCOc1nc(Cl)nc(Oc2cnn(CCC)c2)n1. The zero-order chi connectivity index (χ0) is 14.4. The Morgan fingerprint density at radius 1 is 1.15 bits per heavy atom. The second-order valence-corrected chi connectivity index (χ2v) is 4.40. The fourth-order valence-electron chi connectivity index (χ4n) is 1.47. The molecule has 2 rings (SSSR count). The third-order valence-corrected chi connectivity index (χ3v) is 2.44. The molecule has 0 N–H and O–H groups in total. The summed E-state index contributed by atoms with van der Waals surface area (Å²) >= 11 is 5.81. The first-order chi connectivity index (χ1) is 9.71. The predicted octanol–water partition coefficient (Wildman–Crippen LogP) is 2.71. The van der Waals surface area contributed by atoms with E-state index in [2.05, 4.69) is 27.0 Å². The number of ether oxygens (including phenoxy) is 2. The summed E-state index contributed by atoms with van der Waals surface area (Å²) in [7, 11) is 0. The first kappa shape index (κ1) is 14.5. The molecule has 0 saturated heterocycles. The van der Waals surface area contributed by atoms with Crippen molar-refractivity contribution in [2.45, 2.75) is 33.2 Å². The maximum atomic E-state index is 5.81. The van der Waals surface area contributed by atoms with Crippen molar-refractivity contribution in [1.82, 2.24) is 24.7 Å². The summed E-state index contributed by atoms with van der Waals surface area (Å²) in [4.78, 5) is 11.8. The molecule has 0 aliphatic rings. The van der Waals surface area contributed by atoms with Gasteiger partial charge in [-0.15, -0.1) is 4.98 Å². The number of aromatic nitrogens is 5. The summed E-state index contributed by atoms with van der Waals surface area (Å²) < 4.78 is 12.6. The van der Waals surface area contributed by atoms with E-state index in [0.717, 1.165) is 19.4 Å². The standard InChI is InChI=1S/C12H16ClN5O2/c1-3-5-18-8-9(7-14-18)20-12-16-10(13)15-11(17-12)19-6-4-2/h7-8H,3-6H2,1-2H3. The number of hydrogen-bond acceptors (Lipinski definition) is 6. The molecule has 0 radical (unpaired) electrons. The van der Waals surface area contributed by atoms with Gasteiger partial charge in [0, 0.05) is 6.54 Å². The summed E-state index contributed by atoms with van der Waals surface area (Å²) in [6.45, 7) is 5.40. The Kier molecular flexibility index (Phi) is 5.11. The molecule has 2 heterocycles. The highest BCUT2D eigenvalue weighted by Gasteiger charge is 2.09. The molecular formula is C12H16ClN5O2. The average molecular weight is 298 g/mol. The number of aryl methyl sites for hydroxylation is 1. The van der Waals surface area contributed by atoms with E-state index in [1.165, 1.54) is 0 Å². The Hall–Kier alpha value is -1.89. The van der Waals surface area contributed by atoms with Gasteiger partial charge in [0.15, 0.2) is 5.75 Å². The number of rotatable bonds is 7. The van der Waals surface area contributed by atoms with Crippen LogP contribution in [0.3, 0.4) is 0 Å². The van der Waals surface area contributed by atoms with Gasteiger partial charge in [0.1, 0.15) is 0 Å². The third-order valence-electron chi connectivity index (χ3n) is 2.27. The lowest BCUT2D eigenvalue weighted by Crippen LogP contribution is -2.02. The molecule has 0 amide bonds.